The molecule has 0 spiro atoms. The highest BCUT2D eigenvalue weighted by Crippen LogP contribution is 2.22. The molecule has 2 N–H and O–H groups in total. The Hall–Kier alpha value is -2.44. The predicted octanol–water partition coefficient (Wildman–Crippen LogP) is 2.99. The Morgan fingerprint density at radius 3 is 2.05 bits per heavy atom. The van der Waals surface area contributed by atoms with Crippen molar-refractivity contribution in [3.05, 3.63) is 39.4 Å². The second-order valence-electron chi connectivity index (χ2n) is 5.13. The standard InChI is InChI=1S/C15H20N2O5/c1-4-15(5-2,6-3)16-13(18)10-7-11(14(19)20)9-12(8-10)17(21)22/h7-9H,4-6H2,1-3H3,(H,16,18)(H,19,20). The third-order valence-corrected chi connectivity index (χ3v) is 4.05. The van der Waals surface area contributed by atoms with Crippen LogP contribution in [0.4, 0.5) is 5.69 Å². The van der Waals surface area contributed by atoms with E-state index in [1.165, 1.54) is 0 Å². The Morgan fingerprint density at radius 1 is 1.14 bits per heavy atom. The first-order valence-electron chi connectivity index (χ1n) is 7.13. The molecule has 1 amide bonds. The molecule has 1 aromatic rings. The van der Waals surface area contributed by atoms with Gasteiger partial charge in [0.2, 0.25) is 0 Å². The molecule has 0 aliphatic carbocycles. The number of carbonyl (C=O) groups is 2. The number of hydrogen-bond donors (Lipinski definition) is 2. The van der Waals surface area contributed by atoms with Crippen LogP contribution in [0.2, 0.25) is 0 Å². The molecule has 0 atom stereocenters. The van der Waals surface area contributed by atoms with Gasteiger partial charge in [-0.25, -0.2) is 4.79 Å². The van der Waals surface area contributed by atoms with Crippen LogP contribution in [-0.2, 0) is 0 Å². The van der Waals surface area contributed by atoms with Crippen molar-refractivity contribution in [2.45, 2.75) is 45.6 Å². The largest absolute Gasteiger partial charge is 0.478 e. The minimum absolute atomic E-state index is 0.0219. The van der Waals surface area contributed by atoms with Gasteiger partial charge < -0.3 is 10.4 Å². The van der Waals surface area contributed by atoms with Gasteiger partial charge in [-0.3, -0.25) is 14.9 Å². The zero-order valence-corrected chi connectivity index (χ0v) is 12.9. The number of amides is 1. The molecule has 0 unspecified atom stereocenters. The molecule has 7 nitrogen and oxygen atoms in total. The molecule has 0 radical (unpaired) electrons. The average molecular weight is 308 g/mol. The van der Waals surface area contributed by atoms with E-state index in [2.05, 4.69) is 5.32 Å². The monoisotopic (exact) mass is 308 g/mol. The van der Waals surface area contributed by atoms with E-state index in [1.54, 1.807) is 0 Å². The molecule has 0 heterocycles. The van der Waals surface area contributed by atoms with E-state index in [4.69, 9.17) is 5.11 Å². The highest BCUT2D eigenvalue weighted by molar-refractivity contribution is 5.98. The molecular weight excluding hydrogens is 288 g/mol. The molecular formula is C15H20N2O5. The van der Waals surface area contributed by atoms with Crippen molar-refractivity contribution in [2.75, 3.05) is 0 Å². The van der Waals surface area contributed by atoms with E-state index < -0.39 is 28.0 Å². The van der Waals surface area contributed by atoms with Gasteiger partial charge in [-0.1, -0.05) is 20.8 Å². The van der Waals surface area contributed by atoms with Crippen LogP contribution >= 0.6 is 0 Å². The van der Waals surface area contributed by atoms with Gasteiger partial charge in [0.25, 0.3) is 11.6 Å². The number of rotatable bonds is 7. The van der Waals surface area contributed by atoms with E-state index in [0.717, 1.165) is 18.2 Å². The molecule has 120 valence electrons. The van der Waals surface area contributed by atoms with Crippen molar-refractivity contribution >= 4 is 17.6 Å². The highest BCUT2D eigenvalue weighted by Gasteiger charge is 2.27. The highest BCUT2D eigenvalue weighted by atomic mass is 16.6. The molecule has 0 saturated carbocycles. The molecule has 22 heavy (non-hydrogen) atoms. The Kier molecular flexibility index (Phi) is 5.62. The maximum Gasteiger partial charge on any atom is 0.335 e. The molecule has 0 aliphatic rings. The Morgan fingerprint density at radius 2 is 1.64 bits per heavy atom. The van der Waals surface area contributed by atoms with Crippen LogP contribution in [0.25, 0.3) is 0 Å². The van der Waals surface area contributed by atoms with Crippen LogP contribution in [0, 0.1) is 10.1 Å². The molecule has 0 bridgehead atoms. The summed E-state index contributed by atoms with van der Waals surface area (Å²) in [5, 5.41) is 22.8. The average Bonchev–Trinajstić information content (AvgIpc) is 2.52. The fraction of sp³-hybridized carbons (Fsp3) is 0.467. The molecule has 0 fully saturated rings. The maximum atomic E-state index is 12.4. The summed E-state index contributed by atoms with van der Waals surface area (Å²) < 4.78 is 0. The number of nitro groups is 1. The summed E-state index contributed by atoms with van der Waals surface area (Å²) >= 11 is 0. The van der Waals surface area contributed by atoms with Crippen molar-refractivity contribution < 1.29 is 19.6 Å². The smallest absolute Gasteiger partial charge is 0.335 e. The Bertz CT molecular complexity index is 553. The minimum Gasteiger partial charge on any atom is -0.478 e. The number of non-ortho nitro benzene ring substituents is 1. The number of carboxylic acid groups (broad SMARTS) is 1. The summed E-state index contributed by atoms with van der Waals surface area (Å²) in [5.74, 6) is -1.82. The third-order valence-electron chi connectivity index (χ3n) is 4.05. The molecule has 7 heteroatoms. The second-order valence-corrected chi connectivity index (χ2v) is 5.13. The van der Waals surface area contributed by atoms with Gasteiger partial charge >= 0.3 is 5.97 Å². The maximum absolute atomic E-state index is 12.4. The van der Waals surface area contributed by atoms with E-state index in [1.807, 2.05) is 20.8 Å². The first kappa shape index (κ1) is 17.6. The van der Waals surface area contributed by atoms with Gasteiger partial charge in [-0.05, 0) is 25.3 Å². The quantitative estimate of drug-likeness (QED) is 0.594. The Balaban J connectivity index is 3.22. The summed E-state index contributed by atoms with van der Waals surface area (Å²) in [6.45, 7) is 5.84. The van der Waals surface area contributed by atoms with Gasteiger partial charge in [-0.15, -0.1) is 0 Å². The number of aromatic carboxylic acids is 1. The first-order valence-corrected chi connectivity index (χ1v) is 7.13. The van der Waals surface area contributed by atoms with Crippen LogP contribution < -0.4 is 5.32 Å². The van der Waals surface area contributed by atoms with Gasteiger partial charge in [0, 0.05) is 23.2 Å². The van der Waals surface area contributed by atoms with E-state index in [0.29, 0.717) is 19.3 Å². The lowest BCUT2D eigenvalue weighted by atomic mass is 9.89. The molecule has 0 aliphatic heterocycles. The zero-order valence-electron chi connectivity index (χ0n) is 12.9. The topological polar surface area (TPSA) is 110 Å². The van der Waals surface area contributed by atoms with Gasteiger partial charge in [0.1, 0.15) is 0 Å². The number of benzene rings is 1. The number of nitro benzene ring substituents is 1. The van der Waals surface area contributed by atoms with Crippen LogP contribution in [0.3, 0.4) is 0 Å². The Labute approximate surface area is 128 Å². The number of nitrogens with zero attached hydrogens (tertiary/aromatic N) is 1. The fourth-order valence-electron chi connectivity index (χ4n) is 2.30. The van der Waals surface area contributed by atoms with E-state index in [-0.39, 0.29) is 11.1 Å². The number of hydrogen-bond acceptors (Lipinski definition) is 4. The van der Waals surface area contributed by atoms with Crippen molar-refractivity contribution in [3.8, 4) is 0 Å². The molecule has 0 saturated heterocycles. The van der Waals surface area contributed by atoms with Crippen molar-refractivity contribution in [2.24, 2.45) is 0 Å². The molecule has 1 aromatic carbocycles. The number of carboxylic acids is 1. The fourth-order valence-corrected chi connectivity index (χ4v) is 2.30. The van der Waals surface area contributed by atoms with Crippen LogP contribution in [0.1, 0.15) is 60.7 Å². The SMILES string of the molecule is CCC(CC)(CC)NC(=O)c1cc(C(=O)O)cc([N+](=O)[O-])c1. The summed E-state index contributed by atoms with van der Waals surface area (Å²) in [4.78, 5) is 33.6. The molecule has 1 rings (SSSR count). The summed E-state index contributed by atoms with van der Waals surface area (Å²) in [6, 6.07) is 3.18. The van der Waals surface area contributed by atoms with Crippen LogP contribution in [0.15, 0.2) is 18.2 Å². The minimum atomic E-state index is -1.31. The first-order chi connectivity index (χ1) is 10.3. The molecule has 0 aromatic heterocycles. The van der Waals surface area contributed by atoms with Crippen LogP contribution in [0.5, 0.6) is 0 Å². The van der Waals surface area contributed by atoms with Crippen molar-refractivity contribution in [1.82, 2.24) is 5.32 Å². The zero-order chi connectivity index (χ0) is 16.9. The number of carbonyl (C=O) groups excluding carboxylic acids is 1. The van der Waals surface area contributed by atoms with Crippen molar-refractivity contribution in [3.63, 3.8) is 0 Å². The van der Waals surface area contributed by atoms with Crippen LogP contribution in [-0.4, -0.2) is 27.4 Å². The number of nitrogens with one attached hydrogen (secondary N) is 1. The normalized spacial score (nSPS) is 11.0. The van der Waals surface area contributed by atoms with E-state index >= 15 is 0 Å². The van der Waals surface area contributed by atoms with Gasteiger partial charge in [0.15, 0.2) is 0 Å². The van der Waals surface area contributed by atoms with Crippen molar-refractivity contribution in [1.29, 1.82) is 0 Å². The second kappa shape index (κ2) is 7.02. The third kappa shape index (κ3) is 3.81. The summed E-state index contributed by atoms with van der Waals surface area (Å²) in [5.41, 5.74) is -1.12. The van der Waals surface area contributed by atoms with E-state index in [9.17, 15) is 19.7 Å². The summed E-state index contributed by atoms with van der Waals surface area (Å²) in [6.07, 6.45) is 2.14. The lowest BCUT2D eigenvalue weighted by molar-refractivity contribution is -0.384. The summed E-state index contributed by atoms with van der Waals surface area (Å²) in [7, 11) is 0. The van der Waals surface area contributed by atoms with Gasteiger partial charge in [-0.2, -0.15) is 0 Å². The predicted molar refractivity (Wildman–Crippen MR) is 81.1 cm³/mol. The lowest BCUT2D eigenvalue weighted by Crippen LogP contribution is -2.47. The van der Waals surface area contributed by atoms with Gasteiger partial charge in [0.05, 0.1) is 10.5 Å². The lowest BCUT2D eigenvalue weighted by Gasteiger charge is -2.31.